The lowest BCUT2D eigenvalue weighted by atomic mass is 10.1. The Morgan fingerprint density at radius 2 is 2.41 bits per heavy atom. The molecule has 1 heterocycles. The predicted molar refractivity (Wildman–Crippen MR) is 63.4 cm³/mol. The molecule has 1 aliphatic heterocycles. The molecular formula is C13H18FNO2. The summed E-state index contributed by atoms with van der Waals surface area (Å²) in [7, 11) is 0. The molecule has 0 bridgehead atoms. The molecule has 1 saturated heterocycles. The van der Waals surface area contributed by atoms with Crippen molar-refractivity contribution in [1.82, 2.24) is 5.32 Å². The number of nitrogens with one attached hydrogen (secondary N) is 1. The van der Waals surface area contributed by atoms with Gasteiger partial charge in [-0.05, 0) is 30.2 Å². The van der Waals surface area contributed by atoms with E-state index in [9.17, 15) is 4.39 Å². The van der Waals surface area contributed by atoms with Gasteiger partial charge in [0.1, 0.15) is 5.82 Å². The first kappa shape index (κ1) is 12.5. The van der Waals surface area contributed by atoms with Crippen LogP contribution in [0.25, 0.3) is 0 Å². The Labute approximate surface area is 101 Å². The Morgan fingerprint density at radius 3 is 3.18 bits per heavy atom. The van der Waals surface area contributed by atoms with Gasteiger partial charge >= 0.3 is 0 Å². The van der Waals surface area contributed by atoms with E-state index in [0.29, 0.717) is 13.2 Å². The van der Waals surface area contributed by atoms with Gasteiger partial charge in [0, 0.05) is 13.1 Å². The standard InChI is InChI=1S/C13H18FNO2/c1-10-2-3-12(14)6-11(10)8-16-9-13-7-15-4-5-17-13/h2-3,6,13,15H,4-5,7-9H2,1H3. The van der Waals surface area contributed by atoms with E-state index in [4.69, 9.17) is 9.47 Å². The molecular weight excluding hydrogens is 221 g/mol. The molecule has 1 atom stereocenters. The van der Waals surface area contributed by atoms with E-state index in [0.717, 1.165) is 30.8 Å². The van der Waals surface area contributed by atoms with E-state index in [1.807, 2.05) is 6.92 Å². The average molecular weight is 239 g/mol. The van der Waals surface area contributed by atoms with Gasteiger partial charge in [-0.1, -0.05) is 6.07 Å². The van der Waals surface area contributed by atoms with Crippen molar-refractivity contribution in [2.75, 3.05) is 26.3 Å². The summed E-state index contributed by atoms with van der Waals surface area (Å²) in [4.78, 5) is 0. The van der Waals surface area contributed by atoms with Gasteiger partial charge in [0.15, 0.2) is 0 Å². The molecule has 1 aromatic rings. The van der Waals surface area contributed by atoms with E-state index >= 15 is 0 Å². The van der Waals surface area contributed by atoms with Crippen molar-refractivity contribution < 1.29 is 13.9 Å². The summed E-state index contributed by atoms with van der Waals surface area (Å²) in [5, 5.41) is 3.24. The molecule has 2 rings (SSSR count). The fraction of sp³-hybridized carbons (Fsp3) is 0.538. The van der Waals surface area contributed by atoms with E-state index < -0.39 is 0 Å². The molecule has 0 saturated carbocycles. The van der Waals surface area contributed by atoms with Crippen LogP contribution in [0.1, 0.15) is 11.1 Å². The molecule has 1 aliphatic rings. The molecule has 0 radical (unpaired) electrons. The smallest absolute Gasteiger partial charge is 0.123 e. The SMILES string of the molecule is Cc1ccc(F)cc1COCC1CNCCO1. The first-order valence-corrected chi connectivity index (χ1v) is 5.91. The van der Waals surface area contributed by atoms with Crippen LogP contribution in [0.2, 0.25) is 0 Å². The van der Waals surface area contributed by atoms with Crippen molar-refractivity contribution >= 4 is 0 Å². The van der Waals surface area contributed by atoms with Crippen molar-refractivity contribution in [3.8, 4) is 0 Å². The molecule has 0 aliphatic carbocycles. The molecule has 94 valence electrons. The number of ether oxygens (including phenoxy) is 2. The lowest BCUT2D eigenvalue weighted by Crippen LogP contribution is -2.40. The maximum absolute atomic E-state index is 13.0. The first-order valence-electron chi connectivity index (χ1n) is 5.91. The summed E-state index contributed by atoms with van der Waals surface area (Å²) in [6, 6.07) is 4.76. The van der Waals surface area contributed by atoms with E-state index in [1.54, 1.807) is 6.07 Å². The van der Waals surface area contributed by atoms with Crippen molar-refractivity contribution in [3.05, 3.63) is 35.1 Å². The largest absolute Gasteiger partial charge is 0.374 e. The van der Waals surface area contributed by atoms with E-state index in [1.165, 1.54) is 12.1 Å². The molecule has 1 N–H and O–H groups in total. The molecule has 0 spiro atoms. The number of benzene rings is 1. The summed E-state index contributed by atoms with van der Waals surface area (Å²) in [6.45, 7) is 5.39. The maximum atomic E-state index is 13.0. The third-order valence-electron chi connectivity index (χ3n) is 2.88. The highest BCUT2D eigenvalue weighted by molar-refractivity contribution is 5.25. The fourth-order valence-corrected chi connectivity index (χ4v) is 1.82. The zero-order valence-corrected chi connectivity index (χ0v) is 10.0. The number of halogens is 1. The van der Waals surface area contributed by atoms with Crippen molar-refractivity contribution in [3.63, 3.8) is 0 Å². The monoisotopic (exact) mass is 239 g/mol. The van der Waals surface area contributed by atoms with Gasteiger partial charge in [-0.15, -0.1) is 0 Å². The number of rotatable bonds is 4. The van der Waals surface area contributed by atoms with E-state index in [2.05, 4.69) is 5.32 Å². The van der Waals surface area contributed by atoms with Crippen LogP contribution in [0.4, 0.5) is 4.39 Å². The number of aryl methyl sites for hydroxylation is 1. The minimum atomic E-state index is -0.218. The molecule has 4 heteroatoms. The van der Waals surface area contributed by atoms with Crippen LogP contribution in [0.15, 0.2) is 18.2 Å². The molecule has 1 fully saturated rings. The van der Waals surface area contributed by atoms with Crippen LogP contribution in [0, 0.1) is 12.7 Å². The zero-order valence-electron chi connectivity index (χ0n) is 10.0. The quantitative estimate of drug-likeness (QED) is 0.866. The van der Waals surface area contributed by atoms with Gasteiger partial charge in [0.2, 0.25) is 0 Å². The van der Waals surface area contributed by atoms with Gasteiger partial charge in [0.25, 0.3) is 0 Å². The van der Waals surface area contributed by atoms with Crippen LogP contribution in [0.3, 0.4) is 0 Å². The number of morpholine rings is 1. The lowest BCUT2D eigenvalue weighted by molar-refractivity contribution is -0.0358. The van der Waals surface area contributed by atoms with Crippen molar-refractivity contribution in [2.45, 2.75) is 19.6 Å². The van der Waals surface area contributed by atoms with Gasteiger partial charge in [-0.3, -0.25) is 0 Å². The Bertz CT molecular complexity index is 364. The third-order valence-corrected chi connectivity index (χ3v) is 2.88. The highest BCUT2D eigenvalue weighted by atomic mass is 19.1. The third kappa shape index (κ3) is 3.77. The highest BCUT2D eigenvalue weighted by Crippen LogP contribution is 2.11. The summed E-state index contributed by atoms with van der Waals surface area (Å²) in [5.41, 5.74) is 1.95. The highest BCUT2D eigenvalue weighted by Gasteiger charge is 2.13. The minimum absolute atomic E-state index is 0.109. The number of hydrogen-bond acceptors (Lipinski definition) is 3. The Morgan fingerprint density at radius 1 is 1.53 bits per heavy atom. The van der Waals surface area contributed by atoms with Crippen molar-refractivity contribution in [2.24, 2.45) is 0 Å². The van der Waals surface area contributed by atoms with Crippen LogP contribution in [-0.2, 0) is 16.1 Å². The molecule has 17 heavy (non-hydrogen) atoms. The fourth-order valence-electron chi connectivity index (χ4n) is 1.82. The topological polar surface area (TPSA) is 30.5 Å². The summed E-state index contributed by atoms with van der Waals surface area (Å²) >= 11 is 0. The van der Waals surface area contributed by atoms with Crippen LogP contribution < -0.4 is 5.32 Å². The lowest BCUT2D eigenvalue weighted by Gasteiger charge is -2.23. The van der Waals surface area contributed by atoms with E-state index in [-0.39, 0.29) is 11.9 Å². The van der Waals surface area contributed by atoms with Crippen LogP contribution in [-0.4, -0.2) is 32.4 Å². The minimum Gasteiger partial charge on any atom is -0.374 e. The molecule has 0 amide bonds. The predicted octanol–water partition coefficient (Wildman–Crippen LogP) is 1.64. The summed E-state index contributed by atoms with van der Waals surface area (Å²) in [6.07, 6.45) is 0.109. The van der Waals surface area contributed by atoms with Gasteiger partial charge < -0.3 is 14.8 Å². The molecule has 1 aromatic carbocycles. The Hall–Kier alpha value is -0.970. The summed E-state index contributed by atoms with van der Waals surface area (Å²) in [5.74, 6) is -0.218. The van der Waals surface area contributed by atoms with Gasteiger partial charge in [-0.2, -0.15) is 0 Å². The zero-order chi connectivity index (χ0) is 12.1. The molecule has 0 aromatic heterocycles. The van der Waals surface area contributed by atoms with Crippen LogP contribution in [0.5, 0.6) is 0 Å². The molecule has 3 nitrogen and oxygen atoms in total. The summed E-state index contributed by atoms with van der Waals surface area (Å²) < 4.78 is 24.1. The van der Waals surface area contributed by atoms with Crippen LogP contribution >= 0.6 is 0 Å². The molecule has 1 unspecified atom stereocenters. The second-order valence-corrected chi connectivity index (χ2v) is 4.28. The maximum Gasteiger partial charge on any atom is 0.123 e. The van der Waals surface area contributed by atoms with Gasteiger partial charge in [0.05, 0.1) is 25.9 Å². The Balaban J connectivity index is 1.79. The average Bonchev–Trinajstić information content (AvgIpc) is 2.35. The van der Waals surface area contributed by atoms with Gasteiger partial charge in [-0.25, -0.2) is 4.39 Å². The normalized spacial score (nSPS) is 20.5. The Kier molecular flexibility index (Phi) is 4.48. The second kappa shape index (κ2) is 6.10. The number of hydrogen-bond donors (Lipinski definition) is 1. The first-order chi connectivity index (χ1) is 8.25. The second-order valence-electron chi connectivity index (χ2n) is 4.28. The van der Waals surface area contributed by atoms with Crippen molar-refractivity contribution in [1.29, 1.82) is 0 Å².